The summed E-state index contributed by atoms with van der Waals surface area (Å²) < 4.78 is 28.9. The predicted molar refractivity (Wildman–Crippen MR) is 74.5 cm³/mol. The van der Waals surface area contributed by atoms with Gasteiger partial charge in [-0.2, -0.15) is 8.78 Å². The number of carbonyl (C=O) groups excluding carboxylic acids is 1. The number of rotatable bonds is 7. The van der Waals surface area contributed by atoms with Crippen LogP contribution >= 0.6 is 11.6 Å². The molecule has 0 fully saturated rings. The molecule has 1 N–H and O–H groups in total. The first kappa shape index (κ1) is 16.7. The zero-order valence-corrected chi connectivity index (χ0v) is 12.2. The molecule has 1 aromatic rings. The molecule has 0 bridgehead atoms. The highest BCUT2D eigenvalue weighted by Crippen LogP contribution is 2.20. The van der Waals surface area contributed by atoms with Crippen molar-refractivity contribution in [2.24, 2.45) is 5.92 Å². The Bertz CT molecular complexity index is 441. The van der Waals surface area contributed by atoms with Gasteiger partial charge in [-0.3, -0.25) is 4.79 Å². The summed E-state index contributed by atoms with van der Waals surface area (Å²) in [6.45, 7) is 1.06. The van der Waals surface area contributed by atoms with Crippen molar-refractivity contribution in [3.05, 3.63) is 29.8 Å². The highest BCUT2D eigenvalue weighted by atomic mass is 35.5. The van der Waals surface area contributed by atoms with Gasteiger partial charge in [-0.15, -0.1) is 11.6 Å². The summed E-state index contributed by atoms with van der Waals surface area (Å²) in [7, 11) is 0. The monoisotopic (exact) mass is 305 g/mol. The number of alkyl halides is 3. The maximum Gasteiger partial charge on any atom is 0.387 e. The molecule has 0 aliphatic carbocycles. The minimum atomic E-state index is -2.97. The van der Waals surface area contributed by atoms with Crippen LogP contribution in [0.1, 0.15) is 30.6 Å². The van der Waals surface area contributed by atoms with Crippen LogP contribution in [0.3, 0.4) is 0 Å². The predicted octanol–water partition coefficient (Wildman–Crippen LogP) is 3.67. The first-order valence-electron chi connectivity index (χ1n) is 6.34. The fraction of sp³-hybridized carbons (Fsp3) is 0.500. The van der Waals surface area contributed by atoms with Gasteiger partial charge in [-0.05, 0) is 24.5 Å². The molecule has 3 nitrogen and oxygen atoms in total. The molecule has 112 valence electrons. The SMILES string of the molecule is CC(C)CC(CCl)NC(=O)c1ccccc1OC(F)F. The molecule has 0 heterocycles. The number of ether oxygens (including phenoxy) is 1. The van der Waals surface area contributed by atoms with E-state index in [0.717, 1.165) is 0 Å². The van der Waals surface area contributed by atoms with E-state index in [2.05, 4.69) is 10.1 Å². The Kier molecular flexibility index (Phi) is 6.71. The molecule has 1 amide bonds. The lowest BCUT2D eigenvalue weighted by molar-refractivity contribution is -0.0501. The van der Waals surface area contributed by atoms with Gasteiger partial charge in [0, 0.05) is 11.9 Å². The number of hydrogen-bond donors (Lipinski definition) is 1. The molecule has 20 heavy (non-hydrogen) atoms. The van der Waals surface area contributed by atoms with Gasteiger partial charge in [0.2, 0.25) is 0 Å². The van der Waals surface area contributed by atoms with Crippen molar-refractivity contribution in [2.75, 3.05) is 5.88 Å². The molecule has 0 aliphatic heterocycles. The van der Waals surface area contributed by atoms with Gasteiger partial charge >= 0.3 is 6.61 Å². The second kappa shape index (κ2) is 8.04. The molecule has 6 heteroatoms. The zero-order valence-electron chi connectivity index (χ0n) is 11.4. The van der Waals surface area contributed by atoms with E-state index in [1.54, 1.807) is 6.07 Å². The lowest BCUT2D eigenvalue weighted by Gasteiger charge is -2.19. The fourth-order valence-corrected chi connectivity index (χ4v) is 2.05. The molecule has 0 spiro atoms. The van der Waals surface area contributed by atoms with E-state index < -0.39 is 12.5 Å². The average Bonchev–Trinajstić information content (AvgIpc) is 2.37. The lowest BCUT2D eigenvalue weighted by atomic mass is 10.0. The highest BCUT2D eigenvalue weighted by molar-refractivity contribution is 6.18. The summed E-state index contributed by atoms with van der Waals surface area (Å²) in [5.74, 6) is 0.0268. The Labute approximate surface area is 122 Å². The number of amides is 1. The summed E-state index contributed by atoms with van der Waals surface area (Å²) in [6.07, 6.45) is 0.715. The number of hydrogen-bond acceptors (Lipinski definition) is 2. The van der Waals surface area contributed by atoms with E-state index in [4.69, 9.17) is 11.6 Å². The molecule has 0 saturated carbocycles. The van der Waals surface area contributed by atoms with Gasteiger partial charge in [0.05, 0.1) is 5.56 Å². The first-order valence-corrected chi connectivity index (χ1v) is 6.88. The van der Waals surface area contributed by atoms with Crippen LogP contribution in [0, 0.1) is 5.92 Å². The molecule has 1 aromatic carbocycles. The Balaban J connectivity index is 2.80. The molecule has 0 aliphatic rings. The maximum absolute atomic E-state index is 12.3. The minimum Gasteiger partial charge on any atom is -0.434 e. The third-order valence-corrected chi connectivity index (χ3v) is 3.00. The van der Waals surface area contributed by atoms with Crippen molar-refractivity contribution in [1.29, 1.82) is 0 Å². The number of nitrogens with one attached hydrogen (secondary N) is 1. The van der Waals surface area contributed by atoms with E-state index in [1.165, 1.54) is 18.2 Å². The van der Waals surface area contributed by atoms with Gasteiger partial charge in [0.15, 0.2) is 0 Å². The van der Waals surface area contributed by atoms with Crippen molar-refractivity contribution in [3.63, 3.8) is 0 Å². The maximum atomic E-state index is 12.3. The van der Waals surface area contributed by atoms with Gasteiger partial charge in [0.25, 0.3) is 5.91 Å². The quantitative estimate of drug-likeness (QED) is 0.781. The second-order valence-electron chi connectivity index (χ2n) is 4.83. The third kappa shape index (κ3) is 5.33. The molecule has 0 radical (unpaired) electrons. The summed E-state index contributed by atoms with van der Waals surface area (Å²) in [5.41, 5.74) is 0.0756. The normalized spacial score (nSPS) is 12.6. The van der Waals surface area contributed by atoms with E-state index in [0.29, 0.717) is 12.3 Å². The molecule has 0 aromatic heterocycles. The lowest BCUT2D eigenvalue weighted by Crippen LogP contribution is -2.37. The standard InChI is InChI=1S/C14H18ClF2NO2/c1-9(2)7-10(8-15)18-13(19)11-5-3-4-6-12(11)20-14(16)17/h3-6,9-10,14H,7-8H2,1-2H3,(H,18,19). The van der Waals surface area contributed by atoms with E-state index in [9.17, 15) is 13.6 Å². The Morgan fingerprint density at radius 3 is 2.55 bits per heavy atom. The topological polar surface area (TPSA) is 38.3 Å². The van der Waals surface area contributed by atoms with E-state index in [-0.39, 0.29) is 23.2 Å². The number of para-hydroxylation sites is 1. The minimum absolute atomic E-state index is 0.0756. The van der Waals surface area contributed by atoms with Crippen molar-refractivity contribution >= 4 is 17.5 Å². The summed E-state index contributed by atoms with van der Waals surface area (Å²) in [4.78, 5) is 12.1. The van der Waals surface area contributed by atoms with Gasteiger partial charge in [-0.1, -0.05) is 26.0 Å². The number of halogens is 3. The van der Waals surface area contributed by atoms with Gasteiger partial charge < -0.3 is 10.1 Å². The number of carbonyl (C=O) groups is 1. The Hall–Kier alpha value is -1.36. The average molecular weight is 306 g/mol. The molecular weight excluding hydrogens is 288 g/mol. The van der Waals surface area contributed by atoms with E-state index >= 15 is 0 Å². The van der Waals surface area contributed by atoms with Crippen LogP contribution in [0.4, 0.5) is 8.78 Å². The van der Waals surface area contributed by atoms with Crippen LogP contribution in [-0.4, -0.2) is 24.4 Å². The third-order valence-electron chi connectivity index (χ3n) is 2.63. The number of benzene rings is 1. The molecule has 1 unspecified atom stereocenters. The molecule has 0 saturated heterocycles. The largest absolute Gasteiger partial charge is 0.434 e. The van der Waals surface area contributed by atoms with Gasteiger partial charge in [-0.25, -0.2) is 0 Å². The van der Waals surface area contributed by atoms with Crippen LogP contribution in [0.5, 0.6) is 5.75 Å². The van der Waals surface area contributed by atoms with Crippen LogP contribution in [0.2, 0.25) is 0 Å². The summed E-state index contributed by atoms with van der Waals surface area (Å²) in [5, 5.41) is 2.73. The second-order valence-corrected chi connectivity index (χ2v) is 5.14. The summed E-state index contributed by atoms with van der Waals surface area (Å²) >= 11 is 5.80. The molecule has 1 rings (SSSR count). The van der Waals surface area contributed by atoms with E-state index in [1.807, 2.05) is 13.8 Å². The Morgan fingerprint density at radius 2 is 2.00 bits per heavy atom. The van der Waals surface area contributed by atoms with Crippen molar-refractivity contribution in [1.82, 2.24) is 5.32 Å². The fourth-order valence-electron chi connectivity index (χ4n) is 1.85. The van der Waals surface area contributed by atoms with Gasteiger partial charge in [0.1, 0.15) is 5.75 Å². The first-order chi connectivity index (χ1) is 9.43. The molecular formula is C14H18ClF2NO2. The van der Waals surface area contributed by atoms with Crippen LogP contribution in [0.15, 0.2) is 24.3 Å². The molecule has 1 atom stereocenters. The smallest absolute Gasteiger partial charge is 0.387 e. The van der Waals surface area contributed by atoms with Crippen molar-refractivity contribution in [3.8, 4) is 5.75 Å². The highest BCUT2D eigenvalue weighted by Gasteiger charge is 2.18. The van der Waals surface area contributed by atoms with Crippen LogP contribution in [-0.2, 0) is 0 Å². The zero-order chi connectivity index (χ0) is 15.1. The van der Waals surface area contributed by atoms with Crippen LogP contribution < -0.4 is 10.1 Å². The van der Waals surface area contributed by atoms with Crippen molar-refractivity contribution < 1.29 is 18.3 Å². The Morgan fingerprint density at radius 1 is 1.35 bits per heavy atom. The van der Waals surface area contributed by atoms with Crippen molar-refractivity contribution in [2.45, 2.75) is 32.9 Å². The summed E-state index contributed by atoms with van der Waals surface area (Å²) in [6, 6.07) is 5.68. The van der Waals surface area contributed by atoms with Crippen LogP contribution in [0.25, 0.3) is 0 Å².